The number of aryl methyl sites for hydroxylation is 1. The van der Waals surface area contributed by atoms with Gasteiger partial charge in [-0.15, -0.1) is 11.3 Å². The summed E-state index contributed by atoms with van der Waals surface area (Å²) >= 11 is 3.10. The van der Waals surface area contributed by atoms with Gasteiger partial charge < -0.3 is 5.32 Å². The largest absolute Gasteiger partial charge is 0.355 e. The van der Waals surface area contributed by atoms with E-state index in [1.165, 1.54) is 17.3 Å². The average Bonchev–Trinajstić information content (AvgIpc) is 3.05. The van der Waals surface area contributed by atoms with Gasteiger partial charge in [0.2, 0.25) is 5.91 Å². The maximum absolute atomic E-state index is 12.3. The summed E-state index contributed by atoms with van der Waals surface area (Å²) < 4.78 is 0. The molecular weight excluding hydrogens is 362 g/mol. The second-order valence-electron chi connectivity index (χ2n) is 6.77. The normalized spacial score (nSPS) is 12.5. The van der Waals surface area contributed by atoms with E-state index in [9.17, 15) is 4.79 Å². The van der Waals surface area contributed by atoms with Crippen molar-refractivity contribution in [3.63, 3.8) is 0 Å². The Kier molecular flexibility index (Phi) is 5.94. The fourth-order valence-electron chi connectivity index (χ4n) is 2.55. The first-order valence-electron chi connectivity index (χ1n) is 8.69. The molecule has 0 fully saturated rings. The number of fused-ring (bicyclic) bond motifs is 1. The van der Waals surface area contributed by atoms with Gasteiger partial charge in [-0.05, 0) is 25.3 Å². The highest BCUT2D eigenvalue weighted by molar-refractivity contribution is 8.00. The van der Waals surface area contributed by atoms with Crippen molar-refractivity contribution in [2.45, 2.75) is 38.0 Å². The van der Waals surface area contributed by atoms with Crippen LogP contribution >= 0.6 is 23.1 Å². The highest BCUT2D eigenvalue weighted by Gasteiger charge is 2.19. The quantitative estimate of drug-likeness (QED) is 0.483. The highest BCUT2D eigenvalue weighted by atomic mass is 32.2. The Morgan fingerprint density at radius 3 is 2.62 bits per heavy atom. The molecule has 6 heteroatoms. The highest BCUT2D eigenvalue weighted by Crippen LogP contribution is 2.38. The van der Waals surface area contributed by atoms with Crippen molar-refractivity contribution >= 4 is 39.2 Å². The molecule has 0 unspecified atom stereocenters. The number of carbonyl (C=O) groups excluding carboxylic acids is 1. The summed E-state index contributed by atoms with van der Waals surface area (Å²) in [4.78, 5) is 22.2. The van der Waals surface area contributed by atoms with Gasteiger partial charge in [0.15, 0.2) is 0 Å². The molecule has 0 aliphatic carbocycles. The van der Waals surface area contributed by atoms with Gasteiger partial charge in [-0.3, -0.25) is 4.79 Å². The van der Waals surface area contributed by atoms with Gasteiger partial charge in [0, 0.05) is 17.5 Å². The fraction of sp³-hybridized carbons (Fsp3) is 0.350. The first-order chi connectivity index (χ1) is 12.5. The minimum Gasteiger partial charge on any atom is -0.355 e. The molecular formula is C20H23N3OS2. The van der Waals surface area contributed by atoms with Crippen LogP contribution in [0, 0.1) is 12.8 Å². The molecule has 1 N–H and O–H groups in total. The fourth-order valence-corrected chi connectivity index (χ4v) is 4.49. The molecule has 0 radical (unpaired) electrons. The Bertz CT molecular complexity index is 903. The Morgan fingerprint density at radius 2 is 1.92 bits per heavy atom. The molecule has 0 saturated heterocycles. The van der Waals surface area contributed by atoms with Crippen molar-refractivity contribution in [2.24, 2.45) is 5.92 Å². The number of nitrogens with one attached hydrogen (secondary N) is 1. The first kappa shape index (κ1) is 18.9. The molecule has 0 aliphatic rings. The van der Waals surface area contributed by atoms with Gasteiger partial charge in [0.1, 0.15) is 16.2 Å². The number of thiophene rings is 1. The van der Waals surface area contributed by atoms with Crippen LogP contribution in [0.25, 0.3) is 21.3 Å². The molecule has 2 aromatic heterocycles. The molecule has 136 valence electrons. The van der Waals surface area contributed by atoms with Crippen molar-refractivity contribution in [1.29, 1.82) is 0 Å². The van der Waals surface area contributed by atoms with Gasteiger partial charge in [-0.2, -0.15) is 0 Å². The van der Waals surface area contributed by atoms with Crippen LogP contribution in [0.5, 0.6) is 0 Å². The second-order valence-corrected chi connectivity index (χ2v) is 8.96. The van der Waals surface area contributed by atoms with E-state index >= 15 is 0 Å². The van der Waals surface area contributed by atoms with Gasteiger partial charge in [0.05, 0.1) is 10.6 Å². The molecule has 1 aromatic carbocycles. The lowest BCUT2D eigenvalue weighted by molar-refractivity contribution is -0.120. The molecule has 0 bridgehead atoms. The molecule has 26 heavy (non-hydrogen) atoms. The van der Waals surface area contributed by atoms with E-state index in [-0.39, 0.29) is 11.2 Å². The second kappa shape index (κ2) is 8.18. The van der Waals surface area contributed by atoms with Gasteiger partial charge in [-0.25, -0.2) is 9.97 Å². The van der Waals surface area contributed by atoms with Crippen molar-refractivity contribution < 1.29 is 4.79 Å². The average molecular weight is 386 g/mol. The maximum atomic E-state index is 12.3. The molecule has 1 atom stereocenters. The van der Waals surface area contributed by atoms with Crippen LogP contribution in [-0.2, 0) is 4.79 Å². The number of nitrogens with zero attached hydrogens (tertiary/aromatic N) is 2. The summed E-state index contributed by atoms with van der Waals surface area (Å²) in [5, 5.41) is 6.81. The number of thioether (sulfide) groups is 1. The Balaban J connectivity index is 1.90. The van der Waals surface area contributed by atoms with Gasteiger partial charge >= 0.3 is 0 Å². The third-order valence-corrected chi connectivity index (χ3v) is 6.03. The number of hydrogen-bond donors (Lipinski definition) is 1. The van der Waals surface area contributed by atoms with Crippen molar-refractivity contribution in [2.75, 3.05) is 6.54 Å². The van der Waals surface area contributed by atoms with Crippen LogP contribution in [0.3, 0.4) is 0 Å². The zero-order valence-electron chi connectivity index (χ0n) is 15.4. The molecule has 1 amide bonds. The van der Waals surface area contributed by atoms with Crippen LogP contribution in [-0.4, -0.2) is 27.7 Å². The minimum atomic E-state index is -0.211. The molecule has 2 heterocycles. The lowest BCUT2D eigenvalue weighted by Crippen LogP contribution is -2.33. The summed E-state index contributed by atoms with van der Waals surface area (Å²) in [6.07, 6.45) is 1.58. The predicted octanol–water partition coefficient (Wildman–Crippen LogP) is 4.92. The van der Waals surface area contributed by atoms with E-state index in [0.717, 1.165) is 26.4 Å². The lowest BCUT2D eigenvalue weighted by Gasteiger charge is -2.13. The molecule has 0 spiro atoms. The number of hydrogen-bond acceptors (Lipinski definition) is 5. The van der Waals surface area contributed by atoms with Crippen LogP contribution in [0.2, 0.25) is 0 Å². The first-order valence-corrected chi connectivity index (χ1v) is 10.4. The van der Waals surface area contributed by atoms with Gasteiger partial charge in [-0.1, -0.05) is 55.4 Å². The van der Waals surface area contributed by atoms with Gasteiger partial charge in [0.25, 0.3) is 0 Å². The van der Waals surface area contributed by atoms with Crippen LogP contribution in [0.1, 0.15) is 26.3 Å². The van der Waals surface area contributed by atoms with E-state index < -0.39 is 0 Å². The summed E-state index contributed by atoms with van der Waals surface area (Å²) in [7, 11) is 0. The number of benzene rings is 1. The van der Waals surface area contributed by atoms with Crippen LogP contribution in [0.15, 0.2) is 41.0 Å². The number of rotatable bonds is 6. The SMILES string of the molecule is Cc1ccc(-c2csc3ncnc(S[C@@H](C)C(=O)NCC(C)C)c23)cc1. The topological polar surface area (TPSA) is 54.9 Å². The molecule has 3 rings (SSSR count). The Labute approximate surface area is 162 Å². The molecule has 4 nitrogen and oxygen atoms in total. The summed E-state index contributed by atoms with van der Waals surface area (Å²) in [5.74, 6) is 0.481. The standard InChI is InChI=1S/C20H23N3OS2/c1-12(2)9-21-18(24)14(4)26-20-17-16(10-25-19(17)22-11-23-20)15-7-5-13(3)6-8-15/h5-8,10-12,14H,9H2,1-4H3,(H,21,24)/t14-/m0/s1. The van der Waals surface area contributed by atoms with E-state index in [4.69, 9.17) is 0 Å². The molecule has 3 aromatic rings. The summed E-state index contributed by atoms with van der Waals surface area (Å²) in [6, 6.07) is 8.46. The van der Waals surface area contributed by atoms with Crippen molar-refractivity contribution in [1.82, 2.24) is 15.3 Å². The van der Waals surface area contributed by atoms with Crippen LogP contribution < -0.4 is 5.32 Å². The third kappa shape index (κ3) is 4.24. The number of carbonyl (C=O) groups is 1. The summed E-state index contributed by atoms with van der Waals surface area (Å²) in [6.45, 7) is 8.87. The van der Waals surface area contributed by atoms with E-state index in [1.807, 2.05) is 6.92 Å². The zero-order chi connectivity index (χ0) is 18.7. The lowest BCUT2D eigenvalue weighted by atomic mass is 10.1. The van der Waals surface area contributed by atoms with Crippen molar-refractivity contribution in [3.8, 4) is 11.1 Å². The maximum Gasteiger partial charge on any atom is 0.233 e. The summed E-state index contributed by atoms with van der Waals surface area (Å²) in [5.41, 5.74) is 3.51. The monoisotopic (exact) mass is 385 g/mol. The minimum absolute atomic E-state index is 0.0441. The van der Waals surface area contributed by atoms with Crippen LogP contribution in [0.4, 0.5) is 0 Å². The van der Waals surface area contributed by atoms with E-state index in [0.29, 0.717) is 12.5 Å². The Morgan fingerprint density at radius 1 is 1.19 bits per heavy atom. The predicted molar refractivity (Wildman–Crippen MR) is 111 cm³/mol. The number of aromatic nitrogens is 2. The Hall–Kier alpha value is -1.92. The van der Waals surface area contributed by atoms with E-state index in [2.05, 4.69) is 65.7 Å². The third-order valence-electron chi connectivity index (χ3n) is 4.04. The van der Waals surface area contributed by atoms with E-state index in [1.54, 1.807) is 17.7 Å². The molecule has 0 saturated carbocycles. The van der Waals surface area contributed by atoms with Crippen molar-refractivity contribution in [3.05, 3.63) is 41.5 Å². The molecule has 0 aliphatic heterocycles. The zero-order valence-corrected chi connectivity index (χ0v) is 17.1. The smallest absolute Gasteiger partial charge is 0.233 e. The number of amides is 1.